The first-order chi connectivity index (χ1) is 9.65. The lowest BCUT2D eigenvalue weighted by Gasteiger charge is -2.19. The van der Waals surface area contributed by atoms with Gasteiger partial charge in [-0.2, -0.15) is 0 Å². The van der Waals surface area contributed by atoms with Crippen molar-refractivity contribution in [3.05, 3.63) is 48.5 Å². The van der Waals surface area contributed by atoms with Crippen LogP contribution in [0, 0.1) is 0 Å². The summed E-state index contributed by atoms with van der Waals surface area (Å²) >= 11 is 0. The molecule has 5 heteroatoms. The van der Waals surface area contributed by atoms with Crippen molar-refractivity contribution in [1.82, 2.24) is 0 Å². The molecule has 0 heterocycles. The molecule has 0 unspecified atom stereocenters. The van der Waals surface area contributed by atoms with Gasteiger partial charge in [-0.3, -0.25) is 4.57 Å². The maximum Gasteiger partial charge on any atom is 0.264 e. The Morgan fingerprint density at radius 3 is 2.05 bits per heavy atom. The highest BCUT2D eigenvalue weighted by Gasteiger charge is 2.30. The van der Waals surface area contributed by atoms with Crippen LogP contribution in [0.4, 0.5) is 0 Å². The van der Waals surface area contributed by atoms with Gasteiger partial charge in [-0.25, -0.2) is 0 Å². The summed E-state index contributed by atoms with van der Waals surface area (Å²) in [7, 11) is 1.41. The second kappa shape index (κ2) is 6.12. The van der Waals surface area contributed by atoms with E-state index in [4.69, 9.17) is 14.0 Å². The summed E-state index contributed by atoms with van der Waals surface area (Å²) in [6.07, 6.45) is 0. The quantitative estimate of drug-likeness (QED) is 0.795. The lowest BCUT2D eigenvalue weighted by Crippen LogP contribution is -2.18. The minimum atomic E-state index is -3.17. The van der Waals surface area contributed by atoms with E-state index in [1.807, 2.05) is 12.1 Å². The van der Waals surface area contributed by atoms with E-state index < -0.39 is 7.37 Å². The van der Waals surface area contributed by atoms with Gasteiger partial charge in [-0.1, -0.05) is 12.1 Å². The standard InChI is InChI=1S/C15H17O4P/c1-17-12-8-10-13(11-9-12)20(16,19-3)15-7-5-4-6-14(15)18-2/h4-11H,1-3H3/t20-/m0/s1. The van der Waals surface area contributed by atoms with Crippen molar-refractivity contribution in [2.24, 2.45) is 0 Å². The number of benzene rings is 2. The zero-order valence-corrected chi connectivity index (χ0v) is 12.6. The average molecular weight is 292 g/mol. The van der Waals surface area contributed by atoms with Gasteiger partial charge in [0.05, 0.1) is 19.5 Å². The molecular weight excluding hydrogens is 275 g/mol. The Bertz CT molecular complexity index is 622. The highest BCUT2D eigenvalue weighted by Crippen LogP contribution is 2.46. The van der Waals surface area contributed by atoms with E-state index in [0.717, 1.165) is 0 Å². The maximum atomic E-state index is 13.2. The molecule has 2 aromatic rings. The zero-order valence-electron chi connectivity index (χ0n) is 11.7. The second-order valence-electron chi connectivity index (χ2n) is 4.10. The Morgan fingerprint density at radius 1 is 0.850 bits per heavy atom. The van der Waals surface area contributed by atoms with Crippen molar-refractivity contribution in [3.8, 4) is 11.5 Å². The second-order valence-corrected chi connectivity index (χ2v) is 6.57. The summed E-state index contributed by atoms with van der Waals surface area (Å²) in [6.45, 7) is 0. The molecule has 1 atom stereocenters. The van der Waals surface area contributed by atoms with Gasteiger partial charge in [-0.05, 0) is 36.4 Å². The van der Waals surface area contributed by atoms with Gasteiger partial charge in [0.25, 0.3) is 7.37 Å². The zero-order chi connectivity index (χ0) is 14.6. The predicted octanol–water partition coefficient (Wildman–Crippen LogP) is 2.58. The summed E-state index contributed by atoms with van der Waals surface area (Å²) in [5.74, 6) is 1.25. The van der Waals surface area contributed by atoms with E-state index >= 15 is 0 Å². The molecule has 0 N–H and O–H groups in total. The van der Waals surface area contributed by atoms with E-state index in [9.17, 15) is 4.57 Å². The third-order valence-electron chi connectivity index (χ3n) is 3.07. The van der Waals surface area contributed by atoms with Crippen molar-refractivity contribution in [3.63, 3.8) is 0 Å². The Kier molecular flexibility index (Phi) is 4.48. The topological polar surface area (TPSA) is 44.8 Å². The summed E-state index contributed by atoms with van der Waals surface area (Å²) in [5.41, 5.74) is 0. The van der Waals surface area contributed by atoms with Gasteiger partial charge in [0.1, 0.15) is 11.5 Å². The molecule has 0 saturated heterocycles. The lowest BCUT2D eigenvalue weighted by atomic mass is 10.3. The molecule has 0 radical (unpaired) electrons. The van der Waals surface area contributed by atoms with Gasteiger partial charge in [0.2, 0.25) is 0 Å². The maximum absolute atomic E-state index is 13.2. The molecule has 2 aromatic carbocycles. The molecule has 106 valence electrons. The van der Waals surface area contributed by atoms with E-state index in [2.05, 4.69) is 0 Å². The molecule has 20 heavy (non-hydrogen) atoms. The van der Waals surface area contributed by atoms with Crippen LogP contribution in [0.5, 0.6) is 11.5 Å². The number of hydrogen-bond donors (Lipinski definition) is 0. The highest BCUT2D eigenvalue weighted by molar-refractivity contribution is 7.74. The molecule has 0 bridgehead atoms. The Labute approximate surface area is 118 Å². The molecule has 0 saturated carbocycles. The van der Waals surface area contributed by atoms with Gasteiger partial charge >= 0.3 is 0 Å². The molecule has 0 spiro atoms. The first-order valence-corrected chi connectivity index (χ1v) is 7.72. The molecule has 0 fully saturated rings. The molecule has 0 amide bonds. The van der Waals surface area contributed by atoms with Gasteiger partial charge < -0.3 is 14.0 Å². The van der Waals surface area contributed by atoms with E-state index in [1.54, 1.807) is 50.6 Å². The molecule has 4 nitrogen and oxygen atoms in total. The number of para-hydroxylation sites is 1. The third-order valence-corrected chi connectivity index (χ3v) is 5.57. The van der Waals surface area contributed by atoms with Crippen molar-refractivity contribution in [2.75, 3.05) is 21.3 Å². The predicted molar refractivity (Wildman–Crippen MR) is 79.9 cm³/mol. The van der Waals surface area contributed by atoms with Crippen LogP contribution in [0.3, 0.4) is 0 Å². The van der Waals surface area contributed by atoms with Crippen LogP contribution in [-0.2, 0) is 9.09 Å². The third kappa shape index (κ3) is 2.58. The largest absolute Gasteiger partial charge is 0.497 e. The highest BCUT2D eigenvalue weighted by atomic mass is 31.2. The normalized spacial score (nSPS) is 13.6. The van der Waals surface area contributed by atoms with E-state index in [-0.39, 0.29) is 0 Å². The monoisotopic (exact) mass is 292 g/mol. The molecule has 0 aromatic heterocycles. The van der Waals surface area contributed by atoms with Crippen LogP contribution >= 0.6 is 7.37 Å². The minimum Gasteiger partial charge on any atom is -0.497 e. The molecule has 0 aliphatic rings. The smallest absolute Gasteiger partial charge is 0.264 e. The molecule has 0 aliphatic carbocycles. The summed E-state index contributed by atoms with van der Waals surface area (Å²) in [4.78, 5) is 0. The number of methoxy groups -OCH3 is 2. The number of rotatable bonds is 5. The first kappa shape index (κ1) is 14.6. The molecular formula is C15H17O4P. The van der Waals surface area contributed by atoms with Gasteiger partial charge in [-0.15, -0.1) is 0 Å². The fraction of sp³-hybridized carbons (Fsp3) is 0.200. The van der Waals surface area contributed by atoms with Crippen molar-refractivity contribution in [2.45, 2.75) is 0 Å². The SMILES string of the molecule is COc1ccc([P@](=O)(OC)c2ccccc2OC)cc1. The van der Waals surface area contributed by atoms with Crippen molar-refractivity contribution >= 4 is 18.0 Å². The lowest BCUT2D eigenvalue weighted by molar-refractivity contribution is 0.401. The van der Waals surface area contributed by atoms with Gasteiger partial charge in [0.15, 0.2) is 0 Å². The first-order valence-electron chi connectivity index (χ1n) is 6.09. The number of ether oxygens (including phenoxy) is 2. The summed E-state index contributed by atoms with van der Waals surface area (Å²) in [6, 6.07) is 14.2. The van der Waals surface area contributed by atoms with Crippen LogP contribution in [0.15, 0.2) is 48.5 Å². The van der Waals surface area contributed by atoms with Crippen molar-refractivity contribution in [1.29, 1.82) is 0 Å². The van der Waals surface area contributed by atoms with Crippen LogP contribution in [-0.4, -0.2) is 21.3 Å². The van der Waals surface area contributed by atoms with Crippen LogP contribution in [0.1, 0.15) is 0 Å². The molecule has 0 aliphatic heterocycles. The van der Waals surface area contributed by atoms with Gasteiger partial charge in [0, 0.05) is 12.4 Å². The van der Waals surface area contributed by atoms with Crippen LogP contribution in [0.25, 0.3) is 0 Å². The fourth-order valence-corrected chi connectivity index (χ4v) is 3.96. The van der Waals surface area contributed by atoms with E-state index in [0.29, 0.717) is 22.1 Å². The molecule has 2 rings (SSSR count). The summed E-state index contributed by atoms with van der Waals surface area (Å²) in [5, 5.41) is 1.15. The number of hydrogen-bond acceptors (Lipinski definition) is 4. The minimum absolute atomic E-state index is 0.550. The average Bonchev–Trinajstić information content (AvgIpc) is 2.54. The van der Waals surface area contributed by atoms with Crippen LogP contribution in [0.2, 0.25) is 0 Å². The Balaban J connectivity index is 2.55. The Morgan fingerprint density at radius 2 is 1.50 bits per heavy atom. The van der Waals surface area contributed by atoms with Crippen LogP contribution < -0.4 is 20.1 Å². The Hall–Kier alpha value is -1.77. The van der Waals surface area contributed by atoms with Crippen molar-refractivity contribution < 1.29 is 18.6 Å². The summed E-state index contributed by atoms with van der Waals surface area (Å²) < 4.78 is 29.0. The fourth-order valence-electron chi connectivity index (χ4n) is 1.99. The van der Waals surface area contributed by atoms with E-state index in [1.165, 1.54) is 7.11 Å².